The number of nitrogens with zero attached hydrogens (tertiary/aromatic N) is 3. The van der Waals surface area contributed by atoms with E-state index in [4.69, 9.17) is 4.74 Å². The number of hydrogen-bond donors (Lipinski definition) is 0. The van der Waals surface area contributed by atoms with Gasteiger partial charge in [-0.15, -0.1) is 0 Å². The van der Waals surface area contributed by atoms with Gasteiger partial charge in [-0.25, -0.2) is 4.79 Å². The van der Waals surface area contributed by atoms with Crippen molar-refractivity contribution < 1.29 is 9.53 Å². The summed E-state index contributed by atoms with van der Waals surface area (Å²) in [6, 6.07) is 6.38. The molecule has 0 unspecified atom stereocenters. The molecule has 1 aromatic heterocycles. The number of aryl methyl sites for hydroxylation is 1. The van der Waals surface area contributed by atoms with E-state index in [1.54, 1.807) is 4.90 Å². The third-order valence-electron chi connectivity index (χ3n) is 3.98. The Balaban J connectivity index is 1.75. The Bertz CT molecular complexity index is 768. The van der Waals surface area contributed by atoms with Crippen LogP contribution in [0, 0.1) is 0 Å². The monoisotopic (exact) mass is 313 g/mol. The summed E-state index contributed by atoms with van der Waals surface area (Å²) in [5, 5.41) is 5.42. The van der Waals surface area contributed by atoms with Crippen molar-refractivity contribution in [2.75, 3.05) is 13.1 Å². The minimum Gasteiger partial charge on any atom is -0.444 e. The normalized spacial score (nSPS) is 15.7. The Kier molecular flexibility index (Phi) is 3.88. The van der Waals surface area contributed by atoms with Gasteiger partial charge in [0.05, 0.1) is 11.7 Å². The van der Waals surface area contributed by atoms with Gasteiger partial charge >= 0.3 is 6.09 Å². The van der Waals surface area contributed by atoms with Gasteiger partial charge in [0.2, 0.25) is 0 Å². The summed E-state index contributed by atoms with van der Waals surface area (Å²) >= 11 is 0. The zero-order valence-electron chi connectivity index (χ0n) is 14.2. The molecule has 5 nitrogen and oxygen atoms in total. The number of amides is 1. The molecule has 0 spiro atoms. The number of aromatic nitrogens is 2. The van der Waals surface area contributed by atoms with Crippen LogP contribution in [-0.2, 0) is 11.8 Å². The molecule has 0 bridgehead atoms. The van der Waals surface area contributed by atoms with Crippen molar-refractivity contribution in [3.8, 4) is 0 Å². The first-order valence-corrected chi connectivity index (χ1v) is 7.92. The third kappa shape index (κ3) is 3.38. The number of rotatable bonds is 1. The summed E-state index contributed by atoms with van der Waals surface area (Å²) in [5.41, 5.74) is 3.14. The maximum absolute atomic E-state index is 12.1. The van der Waals surface area contributed by atoms with Crippen molar-refractivity contribution in [3.63, 3.8) is 0 Å². The van der Waals surface area contributed by atoms with Crippen LogP contribution in [0.2, 0.25) is 0 Å². The minimum absolute atomic E-state index is 0.241. The second-order valence-electron chi connectivity index (χ2n) is 6.95. The molecule has 0 saturated heterocycles. The van der Waals surface area contributed by atoms with E-state index < -0.39 is 5.60 Å². The van der Waals surface area contributed by atoms with Crippen LogP contribution in [-0.4, -0.2) is 39.5 Å². The van der Waals surface area contributed by atoms with Gasteiger partial charge in [0.15, 0.2) is 0 Å². The zero-order valence-corrected chi connectivity index (χ0v) is 14.2. The van der Waals surface area contributed by atoms with Crippen LogP contribution in [0.5, 0.6) is 0 Å². The average Bonchev–Trinajstić information content (AvgIpc) is 2.87. The van der Waals surface area contributed by atoms with Gasteiger partial charge in [-0.2, -0.15) is 5.10 Å². The minimum atomic E-state index is -0.453. The Hall–Kier alpha value is -2.30. The van der Waals surface area contributed by atoms with Crippen LogP contribution in [0.4, 0.5) is 4.79 Å². The van der Waals surface area contributed by atoms with Crippen LogP contribution in [0.3, 0.4) is 0 Å². The van der Waals surface area contributed by atoms with Crippen molar-refractivity contribution in [1.29, 1.82) is 0 Å². The predicted octanol–water partition coefficient (Wildman–Crippen LogP) is 3.60. The van der Waals surface area contributed by atoms with Crippen molar-refractivity contribution >= 4 is 22.6 Å². The lowest BCUT2D eigenvalue weighted by atomic mass is 9.99. The molecule has 0 aliphatic carbocycles. The molecule has 0 saturated carbocycles. The van der Waals surface area contributed by atoms with Crippen LogP contribution in [0.1, 0.15) is 32.8 Å². The summed E-state index contributed by atoms with van der Waals surface area (Å²) < 4.78 is 7.31. The maximum Gasteiger partial charge on any atom is 0.410 e. The van der Waals surface area contributed by atoms with E-state index in [0.717, 1.165) is 17.3 Å². The van der Waals surface area contributed by atoms with Gasteiger partial charge < -0.3 is 9.64 Å². The first kappa shape index (κ1) is 15.6. The molecule has 0 radical (unpaired) electrons. The highest BCUT2D eigenvalue weighted by atomic mass is 16.6. The van der Waals surface area contributed by atoms with Crippen LogP contribution in [0.15, 0.2) is 30.5 Å². The SMILES string of the molecule is Cn1ncc2ccc(C3=CCN(C(=O)OC(C)(C)C)CC3)cc21. The number of fused-ring (bicyclic) bond motifs is 1. The van der Waals surface area contributed by atoms with E-state index in [9.17, 15) is 4.79 Å². The lowest BCUT2D eigenvalue weighted by molar-refractivity contribution is 0.0270. The molecule has 2 heterocycles. The van der Waals surface area contributed by atoms with Crippen LogP contribution >= 0.6 is 0 Å². The molecular weight excluding hydrogens is 290 g/mol. The van der Waals surface area contributed by atoms with Gasteiger partial charge in [-0.3, -0.25) is 4.68 Å². The summed E-state index contributed by atoms with van der Waals surface area (Å²) in [6.45, 7) is 6.94. The molecule has 3 rings (SSSR count). The molecular formula is C18H23N3O2. The van der Waals surface area contributed by atoms with Gasteiger partial charge in [-0.1, -0.05) is 18.2 Å². The highest BCUT2D eigenvalue weighted by Crippen LogP contribution is 2.26. The van der Waals surface area contributed by atoms with Crippen molar-refractivity contribution in [2.45, 2.75) is 32.8 Å². The van der Waals surface area contributed by atoms with Gasteiger partial charge in [0, 0.05) is 25.5 Å². The molecule has 2 aromatic rings. The molecule has 1 aliphatic rings. The highest BCUT2D eigenvalue weighted by molar-refractivity contribution is 5.83. The fourth-order valence-corrected chi connectivity index (χ4v) is 2.77. The number of carbonyl (C=O) groups is 1. The topological polar surface area (TPSA) is 47.4 Å². The Morgan fingerprint density at radius 3 is 2.74 bits per heavy atom. The lowest BCUT2D eigenvalue weighted by Crippen LogP contribution is -2.39. The number of ether oxygens (including phenoxy) is 1. The Labute approximate surface area is 136 Å². The third-order valence-corrected chi connectivity index (χ3v) is 3.98. The highest BCUT2D eigenvalue weighted by Gasteiger charge is 2.23. The number of benzene rings is 1. The molecule has 0 N–H and O–H groups in total. The van der Waals surface area contributed by atoms with Gasteiger partial charge in [-0.05, 0) is 44.4 Å². The van der Waals surface area contributed by atoms with E-state index in [1.807, 2.05) is 38.7 Å². The first-order chi connectivity index (χ1) is 10.8. The van der Waals surface area contributed by atoms with E-state index >= 15 is 0 Å². The number of hydrogen-bond acceptors (Lipinski definition) is 3. The molecule has 5 heteroatoms. The zero-order chi connectivity index (χ0) is 16.6. The van der Waals surface area contributed by atoms with E-state index in [-0.39, 0.29) is 6.09 Å². The molecule has 1 aromatic carbocycles. The molecule has 122 valence electrons. The van der Waals surface area contributed by atoms with Crippen LogP contribution < -0.4 is 0 Å². The Morgan fingerprint density at radius 1 is 1.30 bits per heavy atom. The van der Waals surface area contributed by atoms with Crippen molar-refractivity contribution in [2.24, 2.45) is 7.05 Å². The summed E-state index contributed by atoms with van der Waals surface area (Å²) in [7, 11) is 1.95. The maximum atomic E-state index is 12.1. The summed E-state index contributed by atoms with van der Waals surface area (Å²) in [6.07, 6.45) is 4.58. The van der Waals surface area contributed by atoms with Crippen LogP contribution in [0.25, 0.3) is 16.5 Å². The quantitative estimate of drug-likeness (QED) is 0.808. The largest absolute Gasteiger partial charge is 0.444 e. The van der Waals surface area contributed by atoms with Gasteiger partial charge in [0.1, 0.15) is 5.60 Å². The lowest BCUT2D eigenvalue weighted by Gasteiger charge is -2.29. The Morgan fingerprint density at radius 2 is 2.09 bits per heavy atom. The summed E-state index contributed by atoms with van der Waals surface area (Å²) in [5.74, 6) is 0. The standard InChI is InChI=1S/C18H23N3O2/c1-18(2,3)23-17(22)21-9-7-13(8-10-21)14-5-6-15-12-19-20(4)16(15)11-14/h5-7,11-12H,8-10H2,1-4H3. The second-order valence-corrected chi connectivity index (χ2v) is 6.95. The number of carbonyl (C=O) groups excluding carboxylic acids is 1. The van der Waals surface area contributed by atoms with E-state index in [1.165, 1.54) is 11.1 Å². The molecule has 1 aliphatic heterocycles. The van der Waals surface area contributed by atoms with E-state index in [2.05, 4.69) is 29.4 Å². The molecule has 23 heavy (non-hydrogen) atoms. The molecule has 0 atom stereocenters. The van der Waals surface area contributed by atoms with Crippen molar-refractivity contribution in [3.05, 3.63) is 36.0 Å². The average molecular weight is 313 g/mol. The summed E-state index contributed by atoms with van der Waals surface area (Å²) in [4.78, 5) is 13.9. The first-order valence-electron chi connectivity index (χ1n) is 7.92. The van der Waals surface area contributed by atoms with Gasteiger partial charge in [0.25, 0.3) is 0 Å². The fourth-order valence-electron chi connectivity index (χ4n) is 2.77. The van der Waals surface area contributed by atoms with Crippen molar-refractivity contribution in [1.82, 2.24) is 14.7 Å². The second kappa shape index (κ2) is 5.72. The predicted molar refractivity (Wildman–Crippen MR) is 91.1 cm³/mol. The molecule has 1 amide bonds. The smallest absolute Gasteiger partial charge is 0.410 e. The van der Waals surface area contributed by atoms with E-state index in [0.29, 0.717) is 13.1 Å². The fraction of sp³-hybridized carbons (Fsp3) is 0.444. The molecule has 0 fully saturated rings.